The van der Waals surface area contributed by atoms with E-state index in [9.17, 15) is 0 Å². The molecule has 2 aromatic rings. The molecular formula is C13H19ClN4O4. The normalized spacial score (nSPS) is 21.7. The Hall–Kier alpha value is -1.32. The fraction of sp³-hybridized carbons (Fsp3) is 0.615. The lowest BCUT2D eigenvalue weighted by Gasteiger charge is -2.13. The number of imidazole rings is 1. The van der Waals surface area contributed by atoms with E-state index in [2.05, 4.69) is 15.0 Å². The first-order chi connectivity index (χ1) is 10.3. The number of fused-ring (bicyclic) bond motifs is 1. The van der Waals surface area contributed by atoms with E-state index in [0.717, 1.165) is 12.8 Å². The van der Waals surface area contributed by atoms with Crippen molar-refractivity contribution in [3.05, 3.63) is 17.8 Å². The second-order valence-corrected chi connectivity index (χ2v) is 5.81. The summed E-state index contributed by atoms with van der Waals surface area (Å²) in [6, 6.07) is 0. The monoisotopic (exact) mass is 330 g/mol. The molecule has 122 valence electrons. The van der Waals surface area contributed by atoms with E-state index in [-0.39, 0.29) is 18.9 Å². The summed E-state index contributed by atoms with van der Waals surface area (Å²) >= 11 is 5.93. The summed E-state index contributed by atoms with van der Waals surface area (Å²) in [5, 5.41) is 25.5. The molecule has 0 aliphatic carbocycles. The van der Waals surface area contributed by atoms with Gasteiger partial charge in [0.05, 0.1) is 19.0 Å². The summed E-state index contributed by atoms with van der Waals surface area (Å²) in [4.78, 5) is 12.2. The first-order valence-corrected chi connectivity index (χ1v) is 7.21. The van der Waals surface area contributed by atoms with Crippen LogP contribution in [0.25, 0.3) is 11.2 Å². The Kier molecular flexibility index (Phi) is 5.30. The van der Waals surface area contributed by atoms with E-state index >= 15 is 0 Å². The van der Waals surface area contributed by atoms with Gasteiger partial charge in [-0.1, -0.05) is 11.6 Å². The topological polar surface area (TPSA) is 114 Å². The van der Waals surface area contributed by atoms with Gasteiger partial charge in [0.2, 0.25) is 0 Å². The minimum Gasteiger partial charge on any atom is -0.394 e. The van der Waals surface area contributed by atoms with Gasteiger partial charge in [0.15, 0.2) is 16.6 Å². The smallest absolute Gasteiger partial charge is 0.166 e. The highest BCUT2D eigenvalue weighted by atomic mass is 35.5. The molecule has 0 unspecified atom stereocenters. The van der Waals surface area contributed by atoms with Gasteiger partial charge >= 0.3 is 0 Å². The zero-order valence-corrected chi connectivity index (χ0v) is 13.1. The molecule has 2 atom stereocenters. The number of aliphatic hydroxyl groups is 3. The number of aliphatic hydroxyl groups excluding tert-OH is 1. The van der Waals surface area contributed by atoms with Crippen LogP contribution in [0.2, 0.25) is 5.15 Å². The van der Waals surface area contributed by atoms with E-state index in [1.807, 2.05) is 4.57 Å². The molecule has 0 radical (unpaired) electrons. The Morgan fingerprint density at radius 2 is 2.00 bits per heavy atom. The van der Waals surface area contributed by atoms with Crippen LogP contribution < -0.4 is 0 Å². The lowest BCUT2D eigenvalue weighted by Crippen LogP contribution is -2.15. The molecule has 1 fully saturated rings. The second-order valence-electron chi connectivity index (χ2n) is 5.46. The van der Waals surface area contributed by atoms with Crippen molar-refractivity contribution in [3.63, 3.8) is 0 Å². The van der Waals surface area contributed by atoms with Crippen molar-refractivity contribution in [2.24, 2.45) is 0 Å². The van der Waals surface area contributed by atoms with Crippen LogP contribution >= 0.6 is 11.6 Å². The number of rotatable bonds is 2. The third kappa shape index (κ3) is 4.34. The number of hydrogen-bond donors (Lipinski definition) is 3. The fourth-order valence-corrected chi connectivity index (χ4v) is 2.24. The quantitative estimate of drug-likeness (QED) is 0.552. The first-order valence-electron chi connectivity index (χ1n) is 6.83. The molecule has 3 N–H and O–H groups in total. The van der Waals surface area contributed by atoms with Crippen molar-refractivity contribution >= 4 is 22.8 Å². The lowest BCUT2D eigenvalue weighted by atomic mass is 10.2. The van der Waals surface area contributed by atoms with E-state index in [1.54, 1.807) is 6.33 Å². The van der Waals surface area contributed by atoms with Crippen LogP contribution in [0.1, 0.15) is 32.9 Å². The zero-order valence-electron chi connectivity index (χ0n) is 12.3. The highest BCUT2D eigenvalue weighted by Crippen LogP contribution is 2.30. The number of ether oxygens (including phenoxy) is 1. The molecule has 2 aromatic heterocycles. The maximum atomic E-state index is 9.04. The highest BCUT2D eigenvalue weighted by Gasteiger charge is 2.27. The van der Waals surface area contributed by atoms with Crippen molar-refractivity contribution in [3.8, 4) is 0 Å². The van der Waals surface area contributed by atoms with Crippen molar-refractivity contribution in [2.45, 2.75) is 44.8 Å². The molecule has 1 aliphatic heterocycles. The predicted octanol–water partition coefficient (Wildman–Crippen LogP) is 0.857. The van der Waals surface area contributed by atoms with Gasteiger partial charge in [-0.3, -0.25) is 4.57 Å². The Morgan fingerprint density at radius 3 is 2.59 bits per heavy atom. The Bertz CT molecular complexity index is 622. The Morgan fingerprint density at radius 1 is 1.32 bits per heavy atom. The summed E-state index contributed by atoms with van der Waals surface area (Å²) in [6.45, 7) is 2.64. The number of halogens is 1. The molecule has 1 aliphatic rings. The molecule has 0 spiro atoms. The maximum Gasteiger partial charge on any atom is 0.166 e. The summed E-state index contributed by atoms with van der Waals surface area (Å²) in [5.74, 6) is -1.50. The molecule has 0 bridgehead atoms. The molecule has 3 heterocycles. The third-order valence-corrected chi connectivity index (χ3v) is 3.19. The van der Waals surface area contributed by atoms with Crippen LogP contribution in [-0.2, 0) is 4.74 Å². The molecule has 0 saturated carbocycles. The maximum absolute atomic E-state index is 9.04. The minimum absolute atomic E-state index is 0.0405. The molecule has 9 heteroatoms. The fourth-order valence-electron chi connectivity index (χ4n) is 2.06. The first kappa shape index (κ1) is 17.0. The van der Waals surface area contributed by atoms with Crippen LogP contribution in [-0.4, -0.2) is 53.3 Å². The van der Waals surface area contributed by atoms with Gasteiger partial charge in [-0.05, 0) is 26.7 Å². The average molecular weight is 331 g/mol. The highest BCUT2D eigenvalue weighted by molar-refractivity contribution is 6.33. The van der Waals surface area contributed by atoms with Crippen LogP contribution in [0.5, 0.6) is 0 Å². The summed E-state index contributed by atoms with van der Waals surface area (Å²) < 4.78 is 7.50. The molecule has 8 nitrogen and oxygen atoms in total. The molecule has 3 rings (SSSR count). The molecule has 1 saturated heterocycles. The van der Waals surface area contributed by atoms with Crippen LogP contribution in [0, 0.1) is 0 Å². The Labute approximate surface area is 132 Å². The Balaban J connectivity index is 0.000000309. The van der Waals surface area contributed by atoms with Gasteiger partial charge in [-0.2, -0.15) is 0 Å². The zero-order chi connectivity index (χ0) is 16.3. The second kappa shape index (κ2) is 6.84. The van der Waals surface area contributed by atoms with Crippen molar-refractivity contribution < 1.29 is 20.1 Å². The summed E-state index contributed by atoms with van der Waals surface area (Å²) in [7, 11) is 0. The van der Waals surface area contributed by atoms with Gasteiger partial charge in [0.25, 0.3) is 0 Å². The van der Waals surface area contributed by atoms with Gasteiger partial charge in [-0.25, -0.2) is 15.0 Å². The van der Waals surface area contributed by atoms with Crippen LogP contribution in [0.3, 0.4) is 0 Å². The number of hydrogen-bond acceptors (Lipinski definition) is 7. The minimum atomic E-state index is -1.50. The number of nitrogens with zero attached hydrogens (tertiary/aromatic N) is 4. The molecule has 22 heavy (non-hydrogen) atoms. The van der Waals surface area contributed by atoms with E-state index < -0.39 is 5.79 Å². The third-order valence-electron chi connectivity index (χ3n) is 2.91. The number of aromatic nitrogens is 4. The largest absolute Gasteiger partial charge is 0.394 e. The van der Waals surface area contributed by atoms with Gasteiger partial charge in [0, 0.05) is 0 Å². The predicted molar refractivity (Wildman–Crippen MR) is 79.1 cm³/mol. The lowest BCUT2D eigenvalue weighted by molar-refractivity contribution is -0.127. The van der Waals surface area contributed by atoms with E-state index in [1.165, 1.54) is 20.2 Å². The van der Waals surface area contributed by atoms with Gasteiger partial charge < -0.3 is 20.1 Å². The van der Waals surface area contributed by atoms with Crippen molar-refractivity contribution in [1.82, 2.24) is 19.5 Å². The summed E-state index contributed by atoms with van der Waals surface area (Å²) in [5.41, 5.74) is 1.24. The molecule has 0 amide bonds. The van der Waals surface area contributed by atoms with Gasteiger partial charge in [-0.15, -0.1) is 0 Å². The molecule has 0 aromatic carbocycles. The van der Waals surface area contributed by atoms with E-state index in [4.69, 9.17) is 31.7 Å². The average Bonchev–Trinajstić information content (AvgIpc) is 3.02. The SMILES string of the molecule is CC(C)(O)O.OC[C@@H]1CC[C@H](n2cnc3c(Cl)ncnc32)O1. The van der Waals surface area contributed by atoms with Crippen LogP contribution in [0.15, 0.2) is 12.7 Å². The van der Waals surface area contributed by atoms with Crippen molar-refractivity contribution in [2.75, 3.05) is 6.61 Å². The standard InChI is InChI=1S/C10H11ClN4O2.C3H8O2/c11-9-8-10(13-4-12-9)15(5-14-8)7-2-1-6(3-16)17-7;1-3(2,4)5/h4-7,16H,1-3H2;4-5H,1-2H3/t6-,7+;/m0./s1. The molecular weight excluding hydrogens is 312 g/mol. The van der Waals surface area contributed by atoms with Crippen molar-refractivity contribution in [1.29, 1.82) is 0 Å². The van der Waals surface area contributed by atoms with Gasteiger partial charge in [0.1, 0.15) is 18.1 Å². The summed E-state index contributed by atoms with van der Waals surface area (Å²) in [6.07, 6.45) is 4.48. The van der Waals surface area contributed by atoms with Crippen LogP contribution in [0.4, 0.5) is 0 Å². The van der Waals surface area contributed by atoms with E-state index in [0.29, 0.717) is 16.3 Å².